The lowest BCUT2D eigenvalue weighted by molar-refractivity contribution is -0.144. The number of carbonyl (C=O) groups is 1. The molecule has 1 fully saturated rings. The number of carboxylic acids is 1. The first-order chi connectivity index (χ1) is 8.70. The Kier molecular flexibility index (Phi) is 4.24. The van der Waals surface area contributed by atoms with Gasteiger partial charge in [0.25, 0.3) is 0 Å². The number of ether oxygens (including phenoxy) is 1. The molecule has 0 heterocycles. The summed E-state index contributed by atoms with van der Waals surface area (Å²) in [5.41, 5.74) is 1.20. The van der Waals surface area contributed by atoms with Crippen LogP contribution in [0.1, 0.15) is 31.2 Å². The van der Waals surface area contributed by atoms with E-state index in [1.54, 1.807) is 7.11 Å². The second kappa shape index (κ2) is 5.89. The summed E-state index contributed by atoms with van der Waals surface area (Å²) in [6.45, 7) is 0. The largest absolute Gasteiger partial charge is 0.497 e. The molecule has 2 rings (SSSR count). The van der Waals surface area contributed by atoms with Crippen molar-refractivity contribution in [2.24, 2.45) is 11.8 Å². The standard InChI is InChI=1S/C15H20O3/c1-18-13-8-6-11(7-9-13)10-12-4-2-3-5-14(12)15(16)17/h6-9,12,14H,2-5,10H2,1H3,(H,16,17). The highest BCUT2D eigenvalue weighted by molar-refractivity contribution is 5.70. The van der Waals surface area contributed by atoms with E-state index >= 15 is 0 Å². The van der Waals surface area contributed by atoms with Crippen LogP contribution >= 0.6 is 0 Å². The average Bonchev–Trinajstić information content (AvgIpc) is 2.40. The van der Waals surface area contributed by atoms with E-state index in [-0.39, 0.29) is 11.8 Å². The minimum Gasteiger partial charge on any atom is -0.497 e. The Hall–Kier alpha value is -1.51. The van der Waals surface area contributed by atoms with Gasteiger partial charge in [0.2, 0.25) is 0 Å². The van der Waals surface area contributed by atoms with Gasteiger partial charge in [-0.1, -0.05) is 25.0 Å². The molecule has 18 heavy (non-hydrogen) atoms. The molecular formula is C15H20O3. The zero-order valence-corrected chi connectivity index (χ0v) is 10.8. The molecule has 0 bridgehead atoms. The van der Waals surface area contributed by atoms with Crippen molar-refractivity contribution < 1.29 is 14.6 Å². The van der Waals surface area contributed by atoms with Crippen LogP contribution in [-0.2, 0) is 11.2 Å². The molecule has 0 aliphatic heterocycles. The highest BCUT2D eigenvalue weighted by Gasteiger charge is 2.30. The van der Waals surface area contributed by atoms with Crippen molar-refractivity contribution in [2.45, 2.75) is 32.1 Å². The lowest BCUT2D eigenvalue weighted by Crippen LogP contribution is -2.28. The molecule has 2 unspecified atom stereocenters. The minimum atomic E-state index is -0.631. The van der Waals surface area contributed by atoms with Gasteiger partial charge in [-0.25, -0.2) is 0 Å². The highest BCUT2D eigenvalue weighted by atomic mass is 16.5. The SMILES string of the molecule is COc1ccc(CC2CCCCC2C(=O)O)cc1. The molecule has 98 valence electrons. The normalized spacial score (nSPS) is 23.6. The van der Waals surface area contributed by atoms with Gasteiger partial charge in [-0.15, -0.1) is 0 Å². The van der Waals surface area contributed by atoms with E-state index in [0.29, 0.717) is 0 Å². The van der Waals surface area contributed by atoms with Crippen molar-refractivity contribution in [3.63, 3.8) is 0 Å². The molecule has 1 aromatic rings. The van der Waals surface area contributed by atoms with E-state index in [4.69, 9.17) is 4.74 Å². The smallest absolute Gasteiger partial charge is 0.306 e. The number of rotatable bonds is 4. The Morgan fingerprint density at radius 3 is 2.56 bits per heavy atom. The lowest BCUT2D eigenvalue weighted by Gasteiger charge is -2.28. The maximum absolute atomic E-state index is 11.2. The Morgan fingerprint density at radius 1 is 1.28 bits per heavy atom. The molecule has 0 saturated heterocycles. The van der Waals surface area contributed by atoms with Crippen LogP contribution in [-0.4, -0.2) is 18.2 Å². The van der Waals surface area contributed by atoms with Gasteiger partial charge in [0.05, 0.1) is 13.0 Å². The third-order valence-electron chi connectivity index (χ3n) is 3.88. The fraction of sp³-hybridized carbons (Fsp3) is 0.533. The summed E-state index contributed by atoms with van der Waals surface area (Å²) >= 11 is 0. The molecule has 0 aromatic heterocycles. The van der Waals surface area contributed by atoms with Crippen molar-refractivity contribution in [2.75, 3.05) is 7.11 Å². The van der Waals surface area contributed by atoms with Crippen molar-refractivity contribution in [1.82, 2.24) is 0 Å². The van der Waals surface area contributed by atoms with Gasteiger partial charge in [-0.05, 0) is 42.9 Å². The summed E-state index contributed by atoms with van der Waals surface area (Å²) in [6, 6.07) is 7.95. The predicted octanol–water partition coefficient (Wildman–Crippen LogP) is 3.13. The molecule has 0 amide bonds. The van der Waals surface area contributed by atoms with Gasteiger partial charge in [-0.2, -0.15) is 0 Å². The molecule has 1 aromatic carbocycles. The molecule has 0 spiro atoms. The fourth-order valence-electron chi connectivity index (χ4n) is 2.84. The van der Waals surface area contributed by atoms with Gasteiger partial charge in [-0.3, -0.25) is 4.79 Å². The van der Waals surface area contributed by atoms with Crippen LogP contribution in [0, 0.1) is 11.8 Å². The number of carboxylic acid groups (broad SMARTS) is 1. The quantitative estimate of drug-likeness (QED) is 0.890. The van der Waals surface area contributed by atoms with Crippen LogP contribution in [0.5, 0.6) is 5.75 Å². The van der Waals surface area contributed by atoms with Crippen LogP contribution in [0.3, 0.4) is 0 Å². The van der Waals surface area contributed by atoms with Crippen molar-refractivity contribution in [3.05, 3.63) is 29.8 Å². The summed E-state index contributed by atoms with van der Waals surface area (Å²) < 4.78 is 5.12. The molecule has 1 saturated carbocycles. The van der Waals surface area contributed by atoms with Gasteiger partial charge in [0.1, 0.15) is 5.75 Å². The van der Waals surface area contributed by atoms with E-state index in [1.165, 1.54) is 5.56 Å². The third kappa shape index (κ3) is 3.03. The monoisotopic (exact) mass is 248 g/mol. The highest BCUT2D eigenvalue weighted by Crippen LogP contribution is 2.33. The van der Waals surface area contributed by atoms with Crippen LogP contribution in [0.4, 0.5) is 0 Å². The molecule has 1 aliphatic carbocycles. The summed E-state index contributed by atoms with van der Waals surface area (Å²) in [7, 11) is 1.65. The second-order valence-corrected chi connectivity index (χ2v) is 5.04. The molecule has 3 nitrogen and oxygen atoms in total. The average molecular weight is 248 g/mol. The van der Waals surface area contributed by atoms with E-state index in [9.17, 15) is 9.90 Å². The lowest BCUT2D eigenvalue weighted by atomic mass is 9.76. The first kappa shape index (κ1) is 12.9. The van der Waals surface area contributed by atoms with Crippen molar-refractivity contribution in [1.29, 1.82) is 0 Å². The predicted molar refractivity (Wildman–Crippen MR) is 69.8 cm³/mol. The van der Waals surface area contributed by atoms with Gasteiger partial charge in [0, 0.05) is 0 Å². The van der Waals surface area contributed by atoms with Crippen LogP contribution in [0.2, 0.25) is 0 Å². The Bertz CT molecular complexity index is 397. The minimum absolute atomic E-state index is 0.166. The Balaban J connectivity index is 2.03. The number of benzene rings is 1. The molecular weight excluding hydrogens is 228 g/mol. The van der Waals surface area contributed by atoms with Gasteiger partial charge >= 0.3 is 5.97 Å². The summed E-state index contributed by atoms with van der Waals surface area (Å²) in [5.74, 6) is 0.330. The summed E-state index contributed by atoms with van der Waals surface area (Å²) in [5, 5.41) is 9.25. The molecule has 3 heteroatoms. The Morgan fingerprint density at radius 2 is 1.94 bits per heavy atom. The topological polar surface area (TPSA) is 46.5 Å². The Labute approximate surface area is 108 Å². The van der Waals surface area contributed by atoms with Gasteiger partial charge < -0.3 is 9.84 Å². The first-order valence-corrected chi connectivity index (χ1v) is 6.56. The van der Waals surface area contributed by atoms with Crippen LogP contribution < -0.4 is 4.74 Å². The maximum atomic E-state index is 11.2. The van der Waals surface area contributed by atoms with E-state index in [1.807, 2.05) is 24.3 Å². The van der Waals surface area contributed by atoms with Crippen molar-refractivity contribution in [3.8, 4) is 5.75 Å². The first-order valence-electron chi connectivity index (χ1n) is 6.56. The summed E-state index contributed by atoms with van der Waals surface area (Å²) in [6.07, 6.45) is 4.93. The number of methoxy groups -OCH3 is 1. The maximum Gasteiger partial charge on any atom is 0.306 e. The van der Waals surface area contributed by atoms with Crippen molar-refractivity contribution >= 4 is 5.97 Å². The number of hydrogen-bond donors (Lipinski definition) is 1. The number of hydrogen-bond acceptors (Lipinski definition) is 2. The number of aliphatic carboxylic acids is 1. The molecule has 1 aliphatic rings. The third-order valence-corrected chi connectivity index (χ3v) is 3.88. The van der Waals surface area contributed by atoms with Crippen LogP contribution in [0.25, 0.3) is 0 Å². The second-order valence-electron chi connectivity index (χ2n) is 5.04. The van der Waals surface area contributed by atoms with Crippen LogP contribution in [0.15, 0.2) is 24.3 Å². The fourth-order valence-corrected chi connectivity index (χ4v) is 2.84. The van der Waals surface area contributed by atoms with E-state index in [0.717, 1.165) is 37.9 Å². The summed E-state index contributed by atoms with van der Waals surface area (Å²) in [4.78, 5) is 11.2. The van der Waals surface area contributed by atoms with E-state index < -0.39 is 5.97 Å². The zero-order valence-electron chi connectivity index (χ0n) is 10.8. The van der Waals surface area contributed by atoms with Gasteiger partial charge in [0.15, 0.2) is 0 Å². The zero-order chi connectivity index (χ0) is 13.0. The molecule has 2 atom stereocenters. The molecule has 1 N–H and O–H groups in total. The molecule has 0 radical (unpaired) electrons. The van der Waals surface area contributed by atoms with E-state index in [2.05, 4.69) is 0 Å².